The highest BCUT2D eigenvalue weighted by atomic mass is 14.5. The first kappa shape index (κ1) is 29.2. The van der Waals surface area contributed by atoms with Gasteiger partial charge in [0, 0.05) is 0 Å². The van der Waals surface area contributed by atoms with Gasteiger partial charge in [0.05, 0.1) is 0 Å². The standard InChI is InChI=1S/C33H64/c1-9-19-27-20-16-14-12-10-11-13-15-17-22-28(23-18-21-27)29-24-30(32(3,4)5)26(2)31(25-29)33(6,7)8/h26-31H,9-25H2,1-8H3. The predicted octanol–water partition coefficient (Wildman–Crippen LogP) is 11.5. The Labute approximate surface area is 210 Å². The summed E-state index contributed by atoms with van der Waals surface area (Å²) in [7, 11) is 0. The Morgan fingerprint density at radius 2 is 0.970 bits per heavy atom. The Morgan fingerprint density at radius 1 is 0.545 bits per heavy atom. The summed E-state index contributed by atoms with van der Waals surface area (Å²) in [5, 5.41) is 0. The smallest absolute Gasteiger partial charge is 0.0334 e. The first-order valence-corrected chi connectivity index (χ1v) is 15.5. The molecule has 0 aromatic rings. The van der Waals surface area contributed by atoms with E-state index in [4.69, 9.17) is 0 Å². The van der Waals surface area contributed by atoms with Crippen molar-refractivity contribution in [3.63, 3.8) is 0 Å². The van der Waals surface area contributed by atoms with Crippen molar-refractivity contribution in [1.29, 1.82) is 0 Å². The summed E-state index contributed by atoms with van der Waals surface area (Å²) >= 11 is 0. The van der Waals surface area contributed by atoms with E-state index >= 15 is 0 Å². The minimum Gasteiger partial charge on any atom is -0.0654 e. The highest BCUT2D eigenvalue weighted by Crippen LogP contribution is 2.54. The van der Waals surface area contributed by atoms with Crippen LogP contribution in [0, 0.1) is 46.3 Å². The maximum Gasteiger partial charge on any atom is -0.0334 e. The topological polar surface area (TPSA) is 0 Å². The van der Waals surface area contributed by atoms with Crippen molar-refractivity contribution in [2.45, 2.75) is 165 Å². The molecule has 196 valence electrons. The van der Waals surface area contributed by atoms with Crippen LogP contribution in [0.5, 0.6) is 0 Å². The van der Waals surface area contributed by atoms with E-state index in [-0.39, 0.29) is 0 Å². The van der Waals surface area contributed by atoms with Crippen molar-refractivity contribution in [1.82, 2.24) is 0 Å². The van der Waals surface area contributed by atoms with Crippen LogP contribution in [-0.4, -0.2) is 0 Å². The molecule has 0 aromatic heterocycles. The summed E-state index contributed by atoms with van der Waals surface area (Å²) in [6.45, 7) is 20.2. The number of rotatable bonds is 3. The van der Waals surface area contributed by atoms with Gasteiger partial charge >= 0.3 is 0 Å². The summed E-state index contributed by atoms with van der Waals surface area (Å²) in [5.74, 6) is 5.58. The van der Waals surface area contributed by atoms with Crippen LogP contribution in [0.25, 0.3) is 0 Å². The zero-order valence-corrected chi connectivity index (χ0v) is 24.5. The molecular weight excluding hydrogens is 396 g/mol. The van der Waals surface area contributed by atoms with E-state index in [0.717, 1.165) is 35.5 Å². The number of hydrogen-bond donors (Lipinski definition) is 0. The summed E-state index contributed by atoms with van der Waals surface area (Å²) in [6, 6.07) is 0. The van der Waals surface area contributed by atoms with Crippen LogP contribution in [0.4, 0.5) is 0 Å². The van der Waals surface area contributed by atoms with Gasteiger partial charge in [0.25, 0.3) is 0 Å². The van der Waals surface area contributed by atoms with Gasteiger partial charge in [-0.15, -0.1) is 0 Å². The third-order valence-electron chi connectivity index (χ3n) is 10.1. The molecule has 0 heterocycles. The molecule has 0 heteroatoms. The van der Waals surface area contributed by atoms with E-state index in [0.29, 0.717) is 10.8 Å². The Hall–Kier alpha value is 0. The summed E-state index contributed by atoms with van der Waals surface area (Å²) in [4.78, 5) is 0. The lowest BCUT2D eigenvalue weighted by Gasteiger charge is -2.52. The molecule has 0 spiro atoms. The zero-order valence-electron chi connectivity index (χ0n) is 24.5. The molecule has 0 radical (unpaired) electrons. The van der Waals surface area contributed by atoms with Gasteiger partial charge in [0.2, 0.25) is 0 Å². The number of hydrogen-bond acceptors (Lipinski definition) is 0. The van der Waals surface area contributed by atoms with Crippen molar-refractivity contribution in [3.8, 4) is 0 Å². The third-order valence-corrected chi connectivity index (χ3v) is 10.1. The van der Waals surface area contributed by atoms with E-state index in [1.807, 2.05) is 0 Å². The average molecular weight is 461 g/mol. The molecule has 2 fully saturated rings. The van der Waals surface area contributed by atoms with Crippen LogP contribution in [0.1, 0.15) is 165 Å². The van der Waals surface area contributed by atoms with Crippen LogP contribution in [0.15, 0.2) is 0 Å². The molecule has 2 aliphatic carbocycles. The van der Waals surface area contributed by atoms with Gasteiger partial charge in [-0.25, -0.2) is 0 Å². The molecule has 0 nitrogen and oxygen atoms in total. The Kier molecular flexibility index (Phi) is 12.3. The molecule has 4 atom stereocenters. The second-order valence-electron chi connectivity index (χ2n) is 14.8. The van der Waals surface area contributed by atoms with E-state index in [9.17, 15) is 0 Å². The van der Waals surface area contributed by atoms with E-state index in [2.05, 4.69) is 55.4 Å². The second-order valence-corrected chi connectivity index (χ2v) is 14.8. The molecule has 0 saturated heterocycles. The quantitative estimate of drug-likeness (QED) is 0.392. The molecule has 0 amide bonds. The van der Waals surface area contributed by atoms with Gasteiger partial charge < -0.3 is 0 Å². The fourth-order valence-corrected chi connectivity index (χ4v) is 8.15. The molecule has 2 aliphatic rings. The monoisotopic (exact) mass is 461 g/mol. The fraction of sp³-hybridized carbons (Fsp3) is 1.00. The van der Waals surface area contributed by atoms with E-state index < -0.39 is 0 Å². The molecule has 4 unspecified atom stereocenters. The molecular formula is C33H64. The second kappa shape index (κ2) is 13.9. The minimum absolute atomic E-state index is 0.438. The molecule has 0 aromatic carbocycles. The summed E-state index contributed by atoms with van der Waals surface area (Å²) in [6.07, 6.45) is 25.4. The molecule has 0 N–H and O–H groups in total. The zero-order chi connectivity index (χ0) is 24.5. The van der Waals surface area contributed by atoms with Crippen molar-refractivity contribution in [3.05, 3.63) is 0 Å². The Balaban J connectivity index is 2.14. The maximum atomic E-state index is 2.61. The van der Waals surface area contributed by atoms with Crippen molar-refractivity contribution < 1.29 is 0 Å². The van der Waals surface area contributed by atoms with Gasteiger partial charge in [-0.1, -0.05) is 152 Å². The molecule has 2 saturated carbocycles. The SMILES string of the molecule is CCCC1CCCCCCCCCCC(C2CC(C(C)(C)C)C(C)C(C(C)(C)C)C2)CCC1. The van der Waals surface area contributed by atoms with Gasteiger partial charge in [-0.2, -0.15) is 0 Å². The molecule has 0 bridgehead atoms. The Bertz CT molecular complexity index is 479. The Morgan fingerprint density at radius 3 is 1.45 bits per heavy atom. The highest BCUT2D eigenvalue weighted by molar-refractivity contribution is 4.95. The molecule has 2 rings (SSSR count). The van der Waals surface area contributed by atoms with Gasteiger partial charge in [-0.3, -0.25) is 0 Å². The van der Waals surface area contributed by atoms with Crippen molar-refractivity contribution in [2.24, 2.45) is 46.3 Å². The first-order valence-electron chi connectivity index (χ1n) is 15.5. The van der Waals surface area contributed by atoms with Crippen LogP contribution < -0.4 is 0 Å². The fourth-order valence-electron chi connectivity index (χ4n) is 8.15. The lowest BCUT2D eigenvalue weighted by Crippen LogP contribution is -2.44. The predicted molar refractivity (Wildman–Crippen MR) is 150 cm³/mol. The summed E-state index contributed by atoms with van der Waals surface area (Å²) in [5.41, 5.74) is 0.876. The lowest BCUT2D eigenvalue weighted by molar-refractivity contribution is -0.0264. The van der Waals surface area contributed by atoms with Crippen molar-refractivity contribution in [2.75, 3.05) is 0 Å². The van der Waals surface area contributed by atoms with Gasteiger partial charge in [-0.05, 0) is 59.2 Å². The van der Waals surface area contributed by atoms with Crippen LogP contribution in [0.2, 0.25) is 0 Å². The highest BCUT2D eigenvalue weighted by Gasteiger charge is 2.45. The van der Waals surface area contributed by atoms with Crippen LogP contribution in [-0.2, 0) is 0 Å². The maximum absolute atomic E-state index is 2.61. The van der Waals surface area contributed by atoms with Crippen molar-refractivity contribution >= 4 is 0 Å². The normalized spacial score (nSPS) is 34.9. The van der Waals surface area contributed by atoms with Gasteiger partial charge in [0.15, 0.2) is 0 Å². The van der Waals surface area contributed by atoms with E-state index in [1.165, 1.54) is 109 Å². The largest absolute Gasteiger partial charge is 0.0654 e. The lowest BCUT2D eigenvalue weighted by atomic mass is 9.53. The summed E-state index contributed by atoms with van der Waals surface area (Å²) < 4.78 is 0. The third kappa shape index (κ3) is 9.88. The first-order chi connectivity index (χ1) is 15.5. The molecule has 33 heavy (non-hydrogen) atoms. The average Bonchev–Trinajstić information content (AvgIpc) is 2.72. The van der Waals surface area contributed by atoms with Gasteiger partial charge in [0.1, 0.15) is 0 Å². The van der Waals surface area contributed by atoms with Crippen LogP contribution in [0.3, 0.4) is 0 Å². The molecule has 0 aliphatic heterocycles. The van der Waals surface area contributed by atoms with E-state index in [1.54, 1.807) is 0 Å². The van der Waals surface area contributed by atoms with Crippen LogP contribution >= 0.6 is 0 Å². The minimum atomic E-state index is 0.438.